The van der Waals surface area contributed by atoms with Crippen molar-refractivity contribution in [1.29, 1.82) is 0 Å². The van der Waals surface area contributed by atoms with E-state index in [4.69, 9.17) is 4.74 Å². The zero-order chi connectivity index (χ0) is 21.3. The number of carbonyl (C=O) groups excluding carboxylic acids is 3. The van der Waals surface area contributed by atoms with Crippen LogP contribution in [0.1, 0.15) is 52.0 Å². The summed E-state index contributed by atoms with van der Waals surface area (Å²) in [7, 11) is 0. The maximum Gasteiger partial charge on any atom is 0.313 e. The second kappa shape index (κ2) is 10.3. The lowest BCUT2D eigenvalue weighted by molar-refractivity contribution is -0.144. The first-order chi connectivity index (χ1) is 14.6. The molecule has 0 saturated carbocycles. The molecular weight excluding hydrogens is 380 g/mol. The number of aromatic nitrogens is 1. The first-order valence-corrected chi connectivity index (χ1v) is 9.91. The third-order valence-corrected chi connectivity index (χ3v) is 4.86. The van der Waals surface area contributed by atoms with Gasteiger partial charge in [0.2, 0.25) is 0 Å². The minimum Gasteiger partial charge on any atom is -0.463 e. The van der Waals surface area contributed by atoms with Gasteiger partial charge in [0.1, 0.15) is 6.61 Å². The van der Waals surface area contributed by atoms with E-state index in [9.17, 15) is 14.4 Å². The summed E-state index contributed by atoms with van der Waals surface area (Å²) in [5.41, 5.74) is 2.51. The highest BCUT2D eigenvalue weighted by molar-refractivity contribution is 6.09. The number of benzene rings is 1. The number of ketones is 1. The Kier molecular flexibility index (Phi) is 7.27. The normalized spacial score (nSPS) is 13.8. The largest absolute Gasteiger partial charge is 0.463 e. The molecule has 1 aromatic heterocycles. The summed E-state index contributed by atoms with van der Waals surface area (Å²) in [6.45, 7) is 2.00. The number of allylic oxidation sites excluding steroid dienone is 4. The topological polar surface area (TPSA) is 85.4 Å². The van der Waals surface area contributed by atoms with Gasteiger partial charge in [-0.1, -0.05) is 36.4 Å². The maximum absolute atomic E-state index is 12.7. The van der Waals surface area contributed by atoms with Gasteiger partial charge in [-0.05, 0) is 43.5 Å². The minimum absolute atomic E-state index is 0.0140. The fourth-order valence-electron chi connectivity index (χ4n) is 3.10. The molecule has 1 aliphatic carbocycles. The van der Waals surface area contributed by atoms with Gasteiger partial charge in [0.15, 0.2) is 5.78 Å². The Hall–Kier alpha value is -3.54. The van der Waals surface area contributed by atoms with Gasteiger partial charge in [-0.3, -0.25) is 19.4 Å². The molecule has 2 aromatic rings. The van der Waals surface area contributed by atoms with Crippen molar-refractivity contribution in [2.45, 2.75) is 25.7 Å². The lowest BCUT2D eigenvalue weighted by atomic mass is 9.93. The Labute approximate surface area is 175 Å². The van der Waals surface area contributed by atoms with E-state index in [-0.39, 0.29) is 24.8 Å². The van der Waals surface area contributed by atoms with Crippen molar-refractivity contribution >= 4 is 17.7 Å². The number of hydrogen-bond donors (Lipinski definition) is 1. The molecule has 0 fully saturated rings. The monoisotopic (exact) mass is 404 g/mol. The van der Waals surface area contributed by atoms with E-state index in [1.54, 1.807) is 43.5 Å². The van der Waals surface area contributed by atoms with Crippen molar-refractivity contribution in [1.82, 2.24) is 10.3 Å². The lowest BCUT2D eigenvalue weighted by Crippen LogP contribution is -2.28. The summed E-state index contributed by atoms with van der Waals surface area (Å²) in [6, 6.07) is 10.4. The first kappa shape index (κ1) is 21.2. The van der Waals surface area contributed by atoms with Gasteiger partial charge in [-0.25, -0.2) is 0 Å². The van der Waals surface area contributed by atoms with Crippen molar-refractivity contribution < 1.29 is 19.1 Å². The zero-order valence-electron chi connectivity index (χ0n) is 16.8. The SMILES string of the molecule is CC(C(=O)OCCNC(=O)c1cccnc1)c1cccc(C(=O)C2=CC=CCC2)c1. The van der Waals surface area contributed by atoms with Gasteiger partial charge in [0.25, 0.3) is 5.91 Å². The van der Waals surface area contributed by atoms with Crippen LogP contribution in [0.25, 0.3) is 0 Å². The van der Waals surface area contributed by atoms with Crippen molar-refractivity contribution in [2.24, 2.45) is 0 Å². The number of amides is 1. The molecule has 154 valence electrons. The van der Waals surface area contributed by atoms with Crippen LogP contribution in [0.15, 0.2) is 72.6 Å². The van der Waals surface area contributed by atoms with Crippen LogP contribution < -0.4 is 5.32 Å². The molecule has 0 radical (unpaired) electrons. The molecule has 6 heteroatoms. The predicted molar refractivity (Wildman–Crippen MR) is 113 cm³/mol. The van der Waals surface area contributed by atoms with E-state index in [2.05, 4.69) is 10.3 Å². The van der Waals surface area contributed by atoms with E-state index in [1.165, 1.54) is 6.20 Å². The molecule has 0 saturated heterocycles. The first-order valence-electron chi connectivity index (χ1n) is 9.91. The molecule has 1 amide bonds. The second-order valence-electron chi connectivity index (χ2n) is 7.00. The number of ether oxygens (including phenoxy) is 1. The summed E-state index contributed by atoms with van der Waals surface area (Å²) in [6.07, 6.45) is 10.4. The van der Waals surface area contributed by atoms with E-state index < -0.39 is 11.9 Å². The number of esters is 1. The highest BCUT2D eigenvalue weighted by Crippen LogP contribution is 2.22. The van der Waals surface area contributed by atoms with E-state index >= 15 is 0 Å². The molecule has 1 aromatic carbocycles. The molecule has 1 atom stereocenters. The molecule has 1 aliphatic rings. The number of nitrogens with one attached hydrogen (secondary N) is 1. The fraction of sp³-hybridized carbons (Fsp3) is 0.250. The number of Topliss-reactive ketones (excluding diaryl/α,β-unsaturated/α-hetero) is 1. The molecule has 0 bridgehead atoms. The standard InChI is InChI=1S/C24H24N2O4/c1-17(24(29)30-14-13-26-23(28)21-11-6-12-25-16-21)19-9-5-10-20(15-19)22(27)18-7-3-2-4-8-18/h2-3,5-7,9-12,15-17H,4,8,13-14H2,1H3,(H,26,28). The summed E-state index contributed by atoms with van der Waals surface area (Å²) in [4.78, 5) is 40.9. The van der Waals surface area contributed by atoms with Gasteiger partial charge in [-0.15, -0.1) is 0 Å². The smallest absolute Gasteiger partial charge is 0.313 e. The average Bonchev–Trinajstić information content (AvgIpc) is 2.81. The number of nitrogens with zero attached hydrogens (tertiary/aromatic N) is 1. The molecule has 1 N–H and O–H groups in total. The van der Waals surface area contributed by atoms with Gasteiger partial charge in [-0.2, -0.15) is 0 Å². The summed E-state index contributed by atoms with van der Waals surface area (Å²) in [5.74, 6) is -1.22. The van der Waals surface area contributed by atoms with Gasteiger partial charge in [0.05, 0.1) is 18.0 Å². The molecule has 0 aliphatic heterocycles. The van der Waals surface area contributed by atoms with Crippen molar-refractivity contribution in [2.75, 3.05) is 13.2 Å². The molecule has 0 spiro atoms. The average molecular weight is 404 g/mol. The Morgan fingerprint density at radius 3 is 2.73 bits per heavy atom. The third-order valence-electron chi connectivity index (χ3n) is 4.86. The van der Waals surface area contributed by atoms with Gasteiger partial charge in [0, 0.05) is 23.5 Å². The van der Waals surface area contributed by atoms with Crippen LogP contribution in [0.5, 0.6) is 0 Å². The van der Waals surface area contributed by atoms with E-state index in [0.29, 0.717) is 11.1 Å². The highest BCUT2D eigenvalue weighted by atomic mass is 16.5. The Balaban J connectivity index is 1.52. The predicted octanol–water partition coefficient (Wildman–Crippen LogP) is 3.62. The number of carbonyl (C=O) groups is 3. The van der Waals surface area contributed by atoms with Crippen LogP contribution in [0.3, 0.4) is 0 Å². The third kappa shape index (κ3) is 5.50. The van der Waals surface area contributed by atoms with E-state index in [1.807, 2.05) is 24.3 Å². The molecule has 1 heterocycles. The molecular formula is C24H24N2O4. The van der Waals surface area contributed by atoms with Gasteiger partial charge >= 0.3 is 5.97 Å². The van der Waals surface area contributed by atoms with Crippen LogP contribution in [0.4, 0.5) is 0 Å². The fourth-order valence-corrected chi connectivity index (χ4v) is 3.10. The Morgan fingerprint density at radius 1 is 1.17 bits per heavy atom. The number of pyridine rings is 1. The summed E-state index contributed by atoms with van der Waals surface area (Å²) < 4.78 is 5.29. The van der Waals surface area contributed by atoms with Crippen molar-refractivity contribution in [3.63, 3.8) is 0 Å². The maximum atomic E-state index is 12.7. The molecule has 3 rings (SSSR count). The van der Waals surface area contributed by atoms with Crippen LogP contribution >= 0.6 is 0 Å². The lowest BCUT2D eigenvalue weighted by Gasteiger charge is -2.14. The number of hydrogen-bond acceptors (Lipinski definition) is 5. The van der Waals surface area contributed by atoms with Gasteiger partial charge < -0.3 is 10.1 Å². The molecule has 30 heavy (non-hydrogen) atoms. The Morgan fingerprint density at radius 2 is 2.00 bits per heavy atom. The Bertz CT molecular complexity index is 980. The second-order valence-corrected chi connectivity index (χ2v) is 7.00. The summed E-state index contributed by atoms with van der Waals surface area (Å²) in [5, 5.41) is 2.68. The molecule has 6 nitrogen and oxygen atoms in total. The minimum atomic E-state index is -0.521. The molecule has 1 unspecified atom stereocenters. The van der Waals surface area contributed by atoms with Crippen LogP contribution in [-0.4, -0.2) is 35.8 Å². The van der Waals surface area contributed by atoms with Crippen LogP contribution in [0, 0.1) is 0 Å². The number of rotatable bonds is 8. The summed E-state index contributed by atoms with van der Waals surface area (Å²) >= 11 is 0. The zero-order valence-corrected chi connectivity index (χ0v) is 16.8. The van der Waals surface area contributed by atoms with Crippen molar-refractivity contribution in [3.8, 4) is 0 Å². The van der Waals surface area contributed by atoms with E-state index in [0.717, 1.165) is 24.0 Å². The van der Waals surface area contributed by atoms with Crippen molar-refractivity contribution in [3.05, 3.63) is 89.3 Å². The van der Waals surface area contributed by atoms with Crippen LogP contribution in [-0.2, 0) is 9.53 Å². The quantitative estimate of drug-likeness (QED) is 0.413. The highest BCUT2D eigenvalue weighted by Gasteiger charge is 2.19. The van der Waals surface area contributed by atoms with Crippen LogP contribution in [0.2, 0.25) is 0 Å².